The molecule has 7 rings (SSSR count). The highest BCUT2D eigenvalue weighted by Crippen LogP contribution is 2.41. The van der Waals surface area contributed by atoms with Gasteiger partial charge in [0, 0.05) is 46.0 Å². The zero-order chi connectivity index (χ0) is 33.9. The highest BCUT2D eigenvalue weighted by atomic mass is 16.5. The third-order valence-electron chi connectivity index (χ3n) is 8.87. The Morgan fingerprint density at radius 1 is 0.939 bits per heavy atom. The van der Waals surface area contributed by atoms with E-state index in [0.29, 0.717) is 30.3 Å². The van der Waals surface area contributed by atoms with E-state index < -0.39 is 11.8 Å². The van der Waals surface area contributed by atoms with Crippen molar-refractivity contribution in [1.29, 1.82) is 0 Å². The van der Waals surface area contributed by atoms with Gasteiger partial charge in [-0.1, -0.05) is 48.5 Å². The smallest absolute Gasteiger partial charge is 0.267 e. The molecule has 3 unspecified atom stereocenters. The third kappa shape index (κ3) is 7.05. The van der Waals surface area contributed by atoms with Crippen LogP contribution in [0, 0.1) is 11.8 Å². The van der Waals surface area contributed by atoms with Crippen molar-refractivity contribution in [1.82, 2.24) is 45.8 Å². The first-order valence-electron chi connectivity index (χ1n) is 16.2. The van der Waals surface area contributed by atoms with Gasteiger partial charge in [0.05, 0.1) is 17.9 Å². The number of H-pyrrole nitrogens is 2. The van der Waals surface area contributed by atoms with Gasteiger partial charge in [-0.3, -0.25) is 20.0 Å². The highest BCUT2D eigenvalue weighted by molar-refractivity contribution is 5.91. The van der Waals surface area contributed by atoms with Crippen LogP contribution in [-0.4, -0.2) is 57.1 Å². The van der Waals surface area contributed by atoms with Gasteiger partial charge in [0.25, 0.3) is 11.8 Å². The molecule has 0 bridgehead atoms. The molecule has 14 heteroatoms. The van der Waals surface area contributed by atoms with Crippen molar-refractivity contribution in [3.63, 3.8) is 0 Å². The number of hydrogen-bond donors (Lipinski definition) is 6. The summed E-state index contributed by atoms with van der Waals surface area (Å²) in [4.78, 5) is 32.5. The molecule has 2 amide bonds. The van der Waals surface area contributed by atoms with E-state index in [1.807, 2.05) is 41.3 Å². The first kappa shape index (κ1) is 31.7. The number of nitrogens with one attached hydrogen (secondary N) is 4. The van der Waals surface area contributed by atoms with E-state index >= 15 is 0 Å². The molecule has 0 spiro atoms. The zero-order valence-electron chi connectivity index (χ0n) is 26.8. The second kappa shape index (κ2) is 13.7. The number of aromatic nitrogens is 8. The summed E-state index contributed by atoms with van der Waals surface area (Å²) in [5.74, 6) is -0.795. The SMILES string of the molecule is CC(CC(c1cc2ccccc2[nH]1)n1cc(C=CC(=O)NO)nn1)Cn1nc(C=CC(=O)NO)c[n+]1C(c1cc2ccccc2[nH]1)C1CC1. The van der Waals surface area contributed by atoms with Crippen molar-refractivity contribution >= 4 is 45.8 Å². The zero-order valence-corrected chi connectivity index (χ0v) is 26.8. The average Bonchev–Trinajstić information content (AvgIpc) is 3.45. The minimum Gasteiger partial charge on any atom is -0.357 e. The van der Waals surface area contributed by atoms with E-state index in [1.165, 1.54) is 18.2 Å². The van der Waals surface area contributed by atoms with Crippen LogP contribution in [0.5, 0.6) is 0 Å². The topological polar surface area (TPSA) is 183 Å². The molecule has 2 aromatic carbocycles. The molecule has 0 aliphatic heterocycles. The number of benzene rings is 2. The number of para-hydroxylation sites is 2. The fraction of sp³-hybridized carbons (Fsp3) is 0.257. The number of amides is 2. The predicted octanol–water partition coefficient (Wildman–Crippen LogP) is 4.08. The Morgan fingerprint density at radius 3 is 2.18 bits per heavy atom. The Labute approximate surface area is 280 Å². The number of hydrogen-bond acceptors (Lipinski definition) is 7. The summed E-state index contributed by atoms with van der Waals surface area (Å²) < 4.78 is 3.95. The molecule has 1 saturated carbocycles. The lowest BCUT2D eigenvalue weighted by Gasteiger charge is -2.20. The maximum atomic E-state index is 11.8. The molecule has 250 valence electrons. The quantitative estimate of drug-likeness (QED) is 0.0467. The number of fused-ring (bicyclic) bond motifs is 2. The molecular formula is C35H37N10O4+. The van der Waals surface area contributed by atoms with Crippen LogP contribution in [0.3, 0.4) is 0 Å². The lowest BCUT2D eigenvalue weighted by molar-refractivity contribution is -0.798. The van der Waals surface area contributed by atoms with Crippen molar-refractivity contribution in [3.05, 3.63) is 108 Å². The van der Waals surface area contributed by atoms with Crippen LogP contribution in [0.25, 0.3) is 34.0 Å². The number of rotatable bonds is 13. The van der Waals surface area contributed by atoms with Gasteiger partial charge in [-0.25, -0.2) is 15.6 Å². The molecule has 1 aliphatic carbocycles. The van der Waals surface area contributed by atoms with Crippen LogP contribution >= 0.6 is 0 Å². The van der Waals surface area contributed by atoms with Crippen molar-refractivity contribution < 1.29 is 24.7 Å². The summed E-state index contributed by atoms with van der Waals surface area (Å²) >= 11 is 0. The van der Waals surface area contributed by atoms with Gasteiger partial charge in [-0.05, 0) is 71.1 Å². The lowest BCUT2D eigenvalue weighted by atomic mass is 9.99. The van der Waals surface area contributed by atoms with Crippen LogP contribution in [-0.2, 0) is 16.1 Å². The Kier molecular flexibility index (Phi) is 8.87. The normalized spacial score (nSPS) is 15.3. The highest BCUT2D eigenvalue weighted by Gasteiger charge is 2.40. The third-order valence-corrected chi connectivity index (χ3v) is 8.87. The van der Waals surface area contributed by atoms with Crippen molar-refractivity contribution in [2.45, 2.75) is 44.8 Å². The van der Waals surface area contributed by atoms with Gasteiger partial charge in [-0.15, -0.1) is 5.10 Å². The summed E-state index contributed by atoms with van der Waals surface area (Å²) in [5, 5.41) is 33.7. The van der Waals surface area contributed by atoms with Crippen molar-refractivity contribution in [2.75, 3.05) is 0 Å². The van der Waals surface area contributed by atoms with Gasteiger partial charge in [0.2, 0.25) is 5.69 Å². The van der Waals surface area contributed by atoms with Gasteiger partial charge >= 0.3 is 0 Å². The number of nitrogens with zero attached hydrogens (tertiary/aromatic N) is 6. The summed E-state index contributed by atoms with van der Waals surface area (Å²) in [6.07, 6.45) is 12.1. The first-order valence-corrected chi connectivity index (χ1v) is 16.2. The second-order valence-corrected chi connectivity index (χ2v) is 12.6. The van der Waals surface area contributed by atoms with Gasteiger partial charge in [0.15, 0.2) is 12.2 Å². The van der Waals surface area contributed by atoms with E-state index in [0.717, 1.165) is 46.0 Å². The van der Waals surface area contributed by atoms with Crippen LogP contribution in [0.4, 0.5) is 0 Å². The van der Waals surface area contributed by atoms with E-state index in [-0.39, 0.29) is 18.0 Å². The monoisotopic (exact) mass is 661 g/mol. The fourth-order valence-corrected chi connectivity index (χ4v) is 6.43. The van der Waals surface area contributed by atoms with E-state index in [1.54, 1.807) is 27.9 Å². The standard InChI is InChI=1S/C35H36N10O4/c1-22(16-32(30-17-24-6-2-4-8-28(24)36-30)43-20-26(38-42-43)12-14-33(46)40-48)19-45-39-27(13-15-34(47)41-49)21-44(45)35(23-10-11-23)31-18-25-7-3-5-9-29(25)37-31/h2-9,12-15,17-18,20-23,32,35-36H,10-11,16,19H2,1H3,(H4-,37,38,39,40,41,42,46,47,48,49)/p+1. The lowest BCUT2D eigenvalue weighted by Crippen LogP contribution is -2.50. The fourth-order valence-electron chi connectivity index (χ4n) is 6.43. The van der Waals surface area contributed by atoms with Crippen LogP contribution in [0.15, 0.2) is 85.2 Å². The Hall–Kier alpha value is -5.86. The number of carbonyl (C=O) groups excluding carboxylic acids is 2. The molecule has 6 aromatic rings. The molecule has 1 aliphatic rings. The second-order valence-electron chi connectivity index (χ2n) is 12.6. The minimum absolute atomic E-state index is 0.00574. The Bertz CT molecular complexity index is 2100. The maximum absolute atomic E-state index is 11.8. The molecule has 6 N–H and O–H groups in total. The van der Waals surface area contributed by atoms with Crippen LogP contribution in [0.1, 0.15) is 61.0 Å². The number of carbonyl (C=O) groups is 2. The first-order chi connectivity index (χ1) is 23.9. The van der Waals surface area contributed by atoms with Crippen LogP contribution < -0.4 is 15.6 Å². The predicted molar refractivity (Wildman–Crippen MR) is 180 cm³/mol. The van der Waals surface area contributed by atoms with Crippen molar-refractivity contribution in [2.24, 2.45) is 11.8 Å². The van der Waals surface area contributed by atoms with Crippen molar-refractivity contribution in [3.8, 4) is 0 Å². The Balaban J connectivity index is 1.22. The molecule has 0 saturated heterocycles. The maximum Gasteiger partial charge on any atom is 0.267 e. The van der Waals surface area contributed by atoms with Gasteiger partial charge in [-0.2, -0.15) is 4.68 Å². The minimum atomic E-state index is -0.661. The molecule has 4 heterocycles. The van der Waals surface area contributed by atoms with E-state index in [2.05, 4.69) is 62.2 Å². The Morgan fingerprint density at radius 2 is 1.55 bits per heavy atom. The molecule has 49 heavy (non-hydrogen) atoms. The van der Waals surface area contributed by atoms with E-state index in [9.17, 15) is 9.59 Å². The number of aromatic amines is 2. The average molecular weight is 662 g/mol. The summed E-state index contributed by atoms with van der Waals surface area (Å²) in [5.41, 5.74) is 8.41. The molecule has 3 atom stereocenters. The van der Waals surface area contributed by atoms with Crippen LogP contribution in [0.2, 0.25) is 0 Å². The summed E-state index contributed by atoms with van der Waals surface area (Å²) in [7, 11) is 0. The molecule has 4 aromatic heterocycles. The summed E-state index contributed by atoms with van der Waals surface area (Å²) in [6.45, 7) is 2.72. The number of hydroxylamine groups is 2. The summed E-state index contributed by atoms with van der Waals surface area (Å²) in [6, 6.07) is 20.4. The molecule has 14 nitrogen and oxygen atoms in total. The molecule has 1 fully saturated rings. The van der Waals surface area contributed by atoms with E-state index in [4.69, 9.17) is 15.5 Å². The van der Waals surface area contributed by atoms with Gasteiger partial charge in [0.1, 0.15) is 12.2 Å². The largest absolute Gasteiger partial charge is 0.357 e. The molecular weight excluding hydrogens is 624 g/mol. The molecule has 0 radical (unpaired) electrons. The van der Waals surface area contributed by atoms with Gasteiger partial charge < -0.3 is 9.97 Å².